The quantitative estimate of drug-likeness (QED) is 0.913. The Morgan fingerprint density at radius 1 is 1.18 bits per heavy atom. The van der Waals surface area contributed by atoms with Crippen LogP contribution in [-0.4, -0.2) is 15.9 Å². The molecule has 1 N–H and O–H groups in total. The summed E-state index contributed by atoms with van der Waals surface area (Å²) >= 11 is 3.58. The number of carbonyl (C=O) groups is 1. The normalized spacial score (nSPS) is 19.8. The predicted molar refractivity (Wildman–Crippen MR) is 86.7 cm³/mol. The van der Waals surface area contributed by atoms with Gasteiger partial charge in [-0.05, 0) is 42.9 Å². The molecule has 0 bridgehead atoms. The Balaban J connectivity index is 1.50. The van der Waals surface area contributed by atoms with Crippen molar-refractivity contribution in [1.29, 1.82) is 0 Å². The highest BCUT2D eigenvalue weighted by Gasteiger charge is 2.28. The number of rotatable bonds is 3. The summed E-state index contributed by atoms with van der Waals surface area (Å²) in [5.41, 5.74) is 3.04. The van der Waals surface area contributed by atoms with Crippen LogP contribution < -0.4 is 5.32 Å². The molecule has 4 rings (SSSR count). The van der Waals surface area contributed by atoms with Gasteiger partial charge in [0, 0.05) is 22.8 Å². The Morgan fingerprint density at radius 3 is 2.68 bits per heavy atom. The zero-order valence-corrected chi connectivity index (χ0v) is 13.6. The Bertz CT molecular complexity index is 725. The Kier molecular flexibility index (Phi) is 3.45. The van der Waals surface area contributed by atoms with Crippen molar-refractivity contribution in [3.05, 3.63) is 57.6 Å². The van der Waals surface area contributed by atoms with Gasteiger partial charge in [0.2, 0.25) is 0 Å². The van der Waals surface area contributed by atoms with Gasteiger partial charge >= 0.3 is 0 Å². The van der Waals surface area contributed by atoms with Crippen LogP contribution in [0.3, 0.4) is 0 Å². The maximum atomic E-state index is 12.4. The predicted octanol–water partition coefficient (Wildman–Crippen LogP) is 3.53. The molecule has 4 nitrogen and oxygen atoms in total. The number of aromatic nitrogens is 2. The number of nitrogens with zero attached hydrogens (tertiary/aromatic N) is 2. The standard InChI is InChI=1S/C17H16BrN3O/c18-14-3-1-2-13-12(14)6-7-15(13)21-17(22)11-8-19-16(20-9-11)10-4-5-10/h1-3,8-10,15H,4-7H2,(H,21,22). The van der Waals surface area contributed by atoms with Gasteiger partial charge in [-0.25, -0.2) is 9.97 Å². The van der Waals surface area contributed by atoms with Crippen molar-refractivity contribution in [3.63, 3.8) is 0 Å². The first-order valence-corrected chi connectivity index (χ1v) is 8.42. The SMILES string of the molecule is O=C(NC1CCc2c(Br)cccc21)c1cnc(C2CC2)nc1. The lowest BCUT2D eigenvalue weighted by atomic mass is 10.1. The molecule has 2 aliphatic rings. The van der Waals surface area contributed by atoms with Crippen LogP contribution in [-0.2, 0) is 6.42 Å². The van der Waals surface area contributed by atoms with Crippen LogP contribution in [0.25, 0.3) is 0 Å². The number of halogens is 1. The molecular weight excluding hydrogens is 342 g/mol. The summed E-state index contributed by atoms with van der Waals surface area (Å²) in [6.45, 7) is 0. The molecule has 112 valence electrons. The lowest BCUT2D eigenvalue weighted by Crippen LogP contribution is -2.27. The summed E-state index contributed by atoms with van der Waals surface area (Å²) in [7, 11) is 0. The molecule has 1 amide bonds. The Labute approximate surface area is 137 Å². The number of benzene rings is 1. The molecule has 1 heterocycles. The van der Waals surface area contributed by atoms with E-state index in [9.17, 15) is 4.79 Å². The molecule has 1 aromatic heterocycles. The van der Waals surface area contributed by atoms with Gasteiger partial charge in [0.15, 0.2) is 0 Å². The van der Waals surface area contributed by atoms with Crippen LogP contribution >= 0.6 is 15.9 Å². The van der Waals surface area contributed by atoms with E-state index in [-0.39, 0.29) is 11.9 Å². The van der Waals surface area contributed by atoms with E-state index in [1.54, 1.807) is 12.4 Å². The van der Waals surface area contributed by atoms with Crippen molar-refractivity contribution in [2.75, 3.05) is 0 Å². The Hall–Kier alpha value is -1.75. The van der Waals surface area contributed by atoms with Crippen molar-refractivity contribution < 1.29 is 4.79 Å². The molecule has 0 saturated heterocycles. The summed E-state index contributed by atoms with van der Waals surface area (Å²) in [6.07, 6.45) is 7.54. The number of amides is 1. The largest absolute Gasteiger partial charge is 0.345 e. The van der Waals surface area contributed by atoms with E-state index in [1.165, 1.54) is 24.0 Å². The van der Waals surface area contributed by atoms with Crippen molar-refractivity contribution in [1.82, 2.24) is 15.3 Å². The molecule has 2 aromatic rings. The van der Waals surface area contributed by atoms with Crippen molar-refractivity contribution in [3.8, 4) is 0 Å². The summed E-state index contributed by atoms with van der Waals surface area (Å²) < 4.78 is 1.12. The summed E-state index contributed by atoms with van der Waals surface area (Å²) in [5, 5.41) is 3.10. The number of hydrogen-bond acceptors (Lipinski definition) is 3. The van der Waals surface area contributed by atoms with Gasteiger partial charge in [0.25, 0.3) is 5.91 Å². The highest BCUT2D eigenvalue weighted by atomic mass is 79.9. The lowest BCUT2D eigenvalue weighted by Gasteiger charge is -2.14. The second kappa shape index (κ2) is 5.47. The van der Waals surface area contributed by atoms with E-state index in [2.05, 4.69) is 37.3 Å². The third kappa shape index (κ3) is 2.54. The van der Waals surface area contributed by atoms with Crippen LogP contribution in [0.15, 0.2) is 35.1 Å². The van der Waals surface area contributed by atoms with Crippen molar-refractivity contribution in [2.45, 2.75) is 37.6 Å². The van der Waals surface area contributed by atoms with Crippen LogP contribution in [0.5, 0.6) is 0 Å². The second-order valence-electron chi connectivity index (χ2n) is 5.98. The van der Waals surface area contributed by atoms with E-state index in [1.807, 2.05) is 12.1 Å². The molecule has 1 atom stereocenters. The molecule has 0 spiro atoms. The molecule has 2 aliphatic carbocycles. The average Bonchev–Trinajstić information content (AvgIpc) is 3.31. The van der Waals surface area contributed by atoms with Gasteiger partial charge in [-0.3, -0.25) is 4.79 Å². The first-order valence-electron chi connectivity index (χ1n) is 7.62. The molecule has 22 heavy (non-hydrogen) atoms. The fraction of sp³-hybridized carbons (Fsp3) is 0.353. The zero-order chi connectivity index (χ0) is 15.1. The van der Waals surface area contributed by atoms with Gasteiger partial charge in [-0.15, -0.1) is 0 Å². The third-order valence-corrected chi connectivity index (χ3v) is 5.14. The minimum atomic E-state index is -0.0971. The van der Waals surface area contributed by atoms with Crippen LogP contribution in [0, 0.1) is 0 Å². The molecule has 1 fully saturated rings. The van der Waals surface area contributed by atoms with Crippen molar-refractivity contribution in [2.24, 2.45) is 0 Å². The van der Waals surface area contributed by atoms with Gasteiger partial charge in [-0.2, -0.15) is 0 Å². The zero-order valence-electron chi connectivity index (χ0n) is 12.1. The molecular formula is C17H16BrN3O. The fourth-order valence-corrected chi connectivity index (χ4v) is 3.59. The van der Waals surface area contributed by atoms with E-state index in [4.69, 9.17) is 0 Å². The maximum Gasteiger partial charge on any atom is 0.254 e. The average molecular weight is 358 g/mol. The topological polar surface area (TPSA) is 54.9 Å². The Morgan fingerprint density at radius 2 is 1.95 bits per heavy atom. The molecule has 1 aromatic carbocycles. The highest BCUT2D eigenvalue weighted by molar-refractivity contribution is 9.10. The first-order chi connectivity index (χ1) is 10.7. The number of fused-ring (bicyclic) bond motifs is 1. The molecule has 0 radical (unpaired) electrons. The van der Waals surface area contributed by atoms with Gasteiger partial charge in [0.05, 0.1) is 11.6 Å². The summed E-state index contributed by atoms with van der Waals surface area (Å²) in [4.78, 5) is 21.0. The molecule has 1 unspecified atom stereocenters. The molecule has 0 aliphatic heterocycles. The van der Waals surface area contributed by atoms with E-state index < -0.39 is 0 Å². The molecule has 1 saturated carbocycles. The second-order valence-corrected chi connectivity index (χ2v) is 6.83. The van der Waals surface area contributed by atoms with Crippen molar-refractivity contribution >= 4 is 21.8 Å². The summed E-state index contributed by atoms with van der Waals surface area (Å²) in [6, 6.07) is 6.22. The monoisotopic (exact) mass is 357 g/mol. The minimum Gasteiger partial charge on any atom is -0.345 e. The van der Waals surface area contributed by atoms with Crippen LogP contribution in [0.4, 0.5) is 0 Å². The van der Waals surface area contributed by atoms with E-state index in [0.29, 0.717) is 11.5 Å². The first kappa shape index (κ1) is 13.9. The van der Waals surface area contributed by atoms with Gasteiger partial charge < -0.3 is 5.32 Å². The molecule has 5 heteroatoms. The van der Waals surface area contributed by atoms with Gasteiger partial charge in [0.1, 0.15) is 5.82 Å². The van der Waals surface area contributed by atoms with E-state index >= 15 is 0 Å². The minimum absolute atomic E-state index is 0.0723. The van der Waals surface area contributed by atoms with Gasteiger partial charge in [-0.1, -0.05) is 28.1 Å². The summed E-state index contributed by atoms with van der Waals surface area (Å²) in [5.74, 6) is 1.28. The smallest absolute Gasteiger partial charge is 0.254 e. The van der Waals surface area contributed by atoms with Crippen LogP contribution in [0.1, 0.15) is 58.5 Å². The number of hydrogen-bond donors (Lipinski definition) is 1. The highest BCUT2D eigenvalue weighted by Crippen LogP contribution is 2.38. The van der Waals surface area contributed by atoms with Crippen LogP contribution in [0.2, 0.25) is 0 Å². The maximum absolute atomic E-state index is 12.4. The number of nitrogens with one attached hydrogen (secondary N) is 1. The van der Waals surface area contributed by atoms with E-state index in [0.717, 1.165) is 23.1 Å². The third-order valence-electron chi connectivity index (χ3n) is 4.40. The number of carbonyl (C=O) groups excluding carboxylic acids is 1. The lowest BCUT2D eigenvalue weighted by molar-refractivity contribution is 0.0936. The fourth-order valence-electron chi connectivity index (χ4n) is 3.01.